The third-order valence-corrected chi connectivity index (χ3v) is 4.61. The smallest absolute Gasteiger partial charge is 0.369 e. The topological polar surface area (TPSA) is 63.8 Å². The summed E-state index contributed by atoms with van der Waals surface area (Å²) in [6.07, 6.45) is -1.14. The normalized spacial score (nSPS) is 11.7. The second kappa shape index (κ2) is 9.17. The zero-order valence-electron chi connectivity index (χ0n) is 17.2. The summed E-state index contributed by atoms with van der Waals surface area (Å²) >= 11 is 0. The van der Waals surface area contributed by atoms with E-state index < -0.39 is 17.2 Å². The molecule has 2 aromatic rings. The van der Waals surface area contributed by atoms with Crippen molar-refractivity contribution in [2.75, 3.05) is 17.6 Å². The molecule has 0 radical (unpaired) electrons. The lowest BCUT2D eigenvalue weighted by molar-refractivity contribution is -0.137. The highest BCUT2D eigenvalue weighted by atomic mass is 19.4. The summed E-state index contributed by atoms with van der Waals surface area (Å²) in [5, 5.41) is 3.27. The van der Waals surface area contributed by atoms with Gasteiger partial charge in [0.2, 0.25) is 5.95 Å². The van der Waals surface area contributed by atoms with E-state index in [9.17, 15) is 13.2 Å². The fourth-order valence-corrected chi connectivity index (χ4v) is 2.82. The van der Waals surface area contributed by atoms with Gasteiger partial charge in [-0.15, -0.1) is 0 Å². The van der Waals surface area contributed by atoms with E-state index in [0.29, 0.717) is 22.6 Å². The van der Waals surface area contributed by atoms with E-state index in [2.05, 4.69) is 34.0 Å². The number of anilines is 2. The number of hydrogen-bond donors (Lipinski definition) is 2. The van der Waals surface area contributed by atoms with Gasteiger partial charge in [-0.1, -0.05) is 43.7 Å². The maximum absolute atomic E-state index is 12.8. The Balaban J connectivity index is 2.31. The van der Waals surface area contributed by atoms with Gasteiger partial charge in [0, 0.05) is 6.54 Å². The molecule has 4 nitrogen and oxygen atoms in total. The monoisotopic (exact) mass is 404 g/mol. The van der Waals surface area contributed by atoms with Gasteiger partial charge in [0.1, 0.15) is 5.82 Å². The van der Waals surface area contributed by atoms with Crippen molar-refractivity contribution >= 4 is 11.8 Å². The molecule has 0 aliphatic heterocycles. The maximum Gasteiger partial charge on any atom is 0.416 e. The summed E-state index contributed by atoms with van der Waals surface area (Å²) in [4.78, 5) is 8.46. The molecule has 2 rings (SSSR count). The van der Waals surface area contributed by atoms with Crippen LogP contribution in [0.4, 0.5) is 24.9 Å². The number of nitrogens with two attached hydrogens (primary N) is 1. The molecule has 0 saturated heterocycles. The number of nitrogens with one attached hydrogen (secondary N) is 1. The van der Waals surface area contributed by atoms with Gasteiger partial charge in [-0.05, 0) is 44.9 Å². The summed E-state index contributed by atoms with van der Waals surface area (Å²) in [6, 6.07) is 5.09. The summed E-state index contributed by atoms with van der Waals surface area (Å²) in [7, 11) is 0. The molecule has 0 atom stereocenters. The Hall–Kier alpha value is -2.75. The number of halogens is 3. The Labute approximate surface area is 170 Å². The Morgan fingerprint density at radius 3 is 2.24 bits per heavy atom. The quantitative estimate of drug-likeness (QED) is 0.505. The number of benzene rings is 1. The Bertz CT molecular complexity index is 891. The van der Waals surface area contributed by atoms with E-state index >= 15 is 0 Å². The van der Waals surface area contributed by atoms with Crippen molar-refractivity contribution in [3.63, 3.8) is 0 Å². The minimum Gasteiger partial charge on any atom is -0.369 e. The number of unbranched alkanes of at least 4 members (excludes halogenated alkanes) is 2. The molecular weight excluding hydrogens is 377 g/mol. The predicted molar refractivity (Wildman–Crippen MR) is 111 cm³/mol. The lowest BCUT2D eigenvalue weighted by atomic mass is 9.84. The van der Waals surface area contributed by atoms with Crippen molar-refractivity contribution in [1.82, 2.24) is 9.97 Å². The van der Waals surface area contributed by atoms with Crippen LogP contribution in [0, 0.1) is 18.8 Å². The van der Waals surface area contributed by atoms with Gasteiger partial charge in [-0.25, -0.2) is 4.98 Å². The molecule has 0 spiro atoms. The van der Waals surface area contributed by atoms with Crippen LogP contribution in [0.1, 0.15) is 62.4 Å². The largest absolute Gasteiger partial charge is 0.416 e. The molecule has 1 aromatic heterocycles. The Morgan fingerprint density at radius 2 is 1.66 bits per heavy atom. The molecule has 0 bridgehead atoms. The van der Waals surface area contributed by atoms with E-state index in [1.54, 1.807) is 0 Å². The van der Waals surface area contributed by atoms with Gasteiger partial charge >= 0.3 is 6.18 Å². The minimum atomic E-state index is -4.36. The van der Waals surface area contributed by atoms with Crippen LogP contribution in [0.5, 0.6) is 0 Å². The first-order valence-corrected chi connectivity index (χ1v) is 9.63. The van der Waals surface area contributed by atoms with Gasteiger partial charge < -0.3 is 11.1 Å². The van der Waals surface area contributed by atoms with Crippen LogP contribution < -0.4 is 11.1 Å². The number of alkyl halides is 3. The van der Waals surface area contributed by atoms with Crippen molar-refractivity contribution in [2.24, 2.45) is 0 Å². The number of nitrogens with zero attached hydrogens (tertiary/aromatic N) is 2. The van der Waals surface area contributed by atoms with Gasteiger partial charge in [0.25, 0.3) is 0 Å². The molecule has 1 aromatic carbocycles. The molecule has 0 aliphatic rings. The van der Waals surface area contributed by atoms with Crippen molar-refractivity contribution in [1.29, 1.82) is 0 Å². The second-order valence-corrected chi connectivity index (χ2v) is 7.47. The molecule has 0 fully saturated rings. The molecule has 0 unspecified atom stereocenters. The van der Waals surface area contributed by atoms with Crippen LogP contribution in [0.25, 0.3) is 0 Å². The number of aromatic nitrogens is 2. The fraction of sp³-hybridized carbons (Fsp3) is 0.455. The summed E-state index contributed by atoms with van der Waals surface area (Å²) in [5.41, 5.74) is 6.45. The van der Waals surface area contributed by atoms with Crippen molar-refractivity contribution < 1.29 is 13.2 Å². The molecule has 156 valence electrons. The van der Waals surface area contributed by atoms with Gasteiger partial charge in [-0.3, -0.25) is 0 Å². The van der Waals surface area contributed by atoms with Gasteiger partial charge in [-0.2, -0.15) is 18.2 Å². The van der Waals surface area contributed by atoms with E-state index in [1.807, 2.05) is 20.8 Å². The lowest BCUT2D eigenvalue weighted by Crippen LogP contribution is -2.15. The van der Waals surface area contributed by atoms with Crippen LogP contribution >= 0.6 is 0 Å². The van der Waals surface area contributed by atoms with Crippen LogP contribution in [0.2, 0.25) is 0 Å². The van der Waals surface area contributed by atoms with E-state index in [-0.39, 0.29) is 5.95 Å². The highest BCUT2D eigenvalue weighted by Crippen LogP contribution is 2.31. The fourth-order valence-electron chi connectivity index (χ4n) is 2.82. The second-order valence-electron chi connectivity index (χ2n) is 7.47. The highest BCUT2D eigenvalue weighted by molar-refractivity contribution is 5.59. The molecule has 0 saturated carbocycles. The molecule has 0 amide bonds. The molecule has 0 aliphatic carbocycles. The Morgan fingerprint density at radius 1 is 1.03 bits per heavy atom. The molecule has 7 heteroatoms. The molecule has 3 N–H and O–H groups in total. The maximum atomic E-state index is 12.8. The lowest BCUT2D eigenvalue weighted by Gasteiger charge is -2.19. The predicted octanol–water partition coefficient (Wildman–Crippen LogP) is 5.32. The first kappa shape index (κ1) is 22.5. The SMILES string of the molecule is CCCCCNc1nc(N)nc(C)c1C#CC(C)(C)c1ccc(C(F)(F)F)cc1. The number of rotatable bonds is 6. The summed E-state index contributed by atoms with van der Waals surface area (Å²) in [5.74, 6) is 7.04. The average molecular weight is 404 g/mol. The van der Waals surface area contributed by atoms with Crippen molar-refractivity contribution in [2.45, 2.75) is 58.5 Å². The van der Waals surface area contributed by atoms with Crippen LogP contribution in [-0.4, -0.2) is 16.5 Å². The number of hydrogen-bond acceptors (Lipinski definition) is 4. The zero-order chi connectivity index (χ0) is 21.7. The van der Waals surface area contributed by atoms with E-state index in [4.69, 9.17) is 5.73 Å². The first-order chi connectivity index (χ1) is 13.5. The molecular formula is C22H27F3N4. The summed E-state index contributed by atoms with van der Waals surface area (Å²) < 4.78 is 38.4. The molecule has 1 heterocycles. The van der Waals surface area contributed by atoms with Crippen LogP contribution in [0.3, 0.4) is 0 Å². The van der Waals surface area contributed by atoms with Gasteiger partial charge in [0.15, 0.2) is 0 Å². The Kier molecular flexibility index (Phi) is 7.12. The highest BCUT2D eigenvalue weighted by Gasteiger charge is 2.30. The van der Waals surface area contributed by atoms with E-state index in [0.717, 1.165) is 37.9 Å². The third-order valence-electron chi connectivity index (χ3n) is 4.61. The van der Waals surface area contributed by atoms with E-state index in [1.165, 1.54) is 12.1 Å². The zero-order valence-corrected chi connectivity index (χ0v) is 17.2. The third kappa shape index (κ3) is 6.11. The van der Waals surface area contributed by atoms with Crippen LogP contribution in [0.15, 0.2) is 24.3 Å². The molecule has 29 heavy (non-hydrogen) atoms. The van der Waals surface area contributed by atoms with Gasteiger partial charge in [0.05, 0.1) is 22.2 Å². The van der Waals surface area contributed by atoms with Crippen LogP contribution in [-0.2, 0) is 11.6 Å². The minimum absolute atomic E-state index is 0.174. The summed E-state index contributed by atoms with van der Waals surface area (Å²) in [6.45, 7) is 8.42. The van der Waals surface area contributed by atoms with Crippen molar-refractivity contribution in [3.8, 4) is 11.8 Å². The standard InChI is InChI=1S/C22H27F3N4/c1-5-6-7-14-27-19-18(15(2)28-20(26)29-19)12-13-21(3,4)16-8-10-17(11-9-16)22(23,24)25/h8-11H,5-7,14H2,1-4H3,(H3,26,27,28,29). The number of aryl methyl sites for hydroxylation is 1. The first-order valence-electron chi connectivity index (χ1n) is 9.63. The van der Waals surface area contributed by atoms with Crippen molar-refractivity contribution in [3.05, 3.63) is 46.6 Å². The average Bonchev–Trinajstić information content (AvgIpc) is 2.63. The number of nitrogen functional groups attached to an aromatic ring is 1.